The summed E-state index contributed by atoms with van der Waals surface area (Å²) in [6.45, 7) is 0. The monoisotopic (exact) mass is 263 g/mol. The third kappa shape index (κ3) is 1.75. The number of fused-ring (bicyclic) bond motifs is 1. The van der Waals surface area contributed by atoms with E-state index < -0.39 is 5.82 Å². The Bertz CT molecular complexity index is 633. The van der Waals surface area contributed by atoms with Crippen LogP contribution in [0.15, 0.2) is 30.5 Å². The molecule has 0 atom stereocenters. The van der Waals surface area contributed by atoms with Crippen LogP contribution in [0.25, 0.3) is 5.69 Å². The highest BCUT2D eigenvalue weighted by Gasteiger charge is 2.21. The zero-order valence-corrected chi connectivity index (χ0v) is 10.4. The predicted octanol–water partition coefficient (Wildman–Crippen LogP) is 3.79. The summed E-state index contributed by atoms with van der Waals surface area (Å²) in [5.41, 5.74) is 2.56. The summed E-state index contributed by atoms with van der Waals surface area (Å²) < 4.78 is 15.1. The minimum Gasteiger partial charge on any atom is -0.320 e. The number of rotatable bonds is 1. The van der Waals surface area contributed by atoms with E-state index in [-0.39, 0.29) is 10.8 Å². The first kappa shape index (κ1) is 11.5. The number of aromatic nitrogens is 1. The fraction of sp³-hybridized carbons (Fsp3) is 0.214. The Morgan fingerprint density at radius 3 is 2.83 bits per heavy atom. The number of carbonyl (C=O) groups excluding carboxylic acids is 1. The van der Waals surface area contributed by atoms with Crippen molar-refractivity contribution in [1.82, 2.24) is 4.57 Å². The van der Waals surface area contributed by atoms with Crippen LogP contribution in [0.4, 0.5) is 4.39 Å². The number of nitrogens with zero attached hydrogens (tertiary/aromatic N) is 1. The molecule has 92 valence electrons. The van der Waals surface area contributed by atoms with Gasteiger partial charge in [0.15, 0.2) is 5.78 Å². The summed E-state index contributed by atoms with van der Waals surface area (Å²) in [5.74, 6) is -0.249. The largest absolute Gasteiger partial charge is 0.320 e. The zero-order chi connectivity index (χ0) is 12.7. The maximum Gasteiger partial charge on any atom is 0.164 e. The fourth-order valence-electron chi connectivity index (χ4n) is 2.40. The lowest BCUT2D eigenvalue weighted by Crippen LogP contribution is -2.12. The molecule has 0 spiro atoms. The molecule has 0 amide bonds. The third-order valence-electron chi connectivity index (χ3n) is 3.29. The van der Waals surface area contributed by atoms with Gasteiger partial charge in [0.05, 0.1) is 5.02 Å². The number of ketones is 1. The Balaban J connectivity index is 2.12. The predicted molar refractivity (Wildman–Crippen MR) is 68.0 cm³/mol. The second-order valence-electron chi connectivity index (χ2n) is 4.42. The minimum atomic E-state index is -0.433. The van der Waals surface area contributed by atoms with Crippen LogP contribution >= 0.6 is 11.6 Å². The lowest BCUT2D eigenvalue weighted by molar-refractivity contribution is 0.0972. The highest BCUT2D eigenvalue weighted by atomic mass is 35.5. The highest BCUT2D eigenvalue weighted by Crippen LogP contribution is 2.27. The SMILES string of the molecule is O=C1CCCc2c1ccn2-c1ccc(F)c(Cl)c1. The molecule has 2 aromatic rings. The minimum absolute atomic E-state index is 0.0945. The van der Waals surface area contributed by atoms with E-state index in [1.54, 1.807) is 12.1 Å². The summed E-state index contributed by atoms with van der Waals surface area (Å²) in [7, 11) is 0. The van der Waals surface area contributed by atoms with Gasteiger partial charge in [-0.2, -0.15) is 0 Å². The number of Topliss-reactive ketones (excluding diaryl/α,β-unsaturated/α-hetero) is 1. The molecule has 1 heterocycles. The first-order valence-electron chi connectivity index (χ1n) is 5.85. The van der Waals surface area contributed by atoms with E-state index in [1.165, 1.54) is 6.07 Å². The topological polar surface area (TPSA) is 22.0 Å². The maximum absolute atomic E-state index is 13.1. The zero-order valence-electron chi connectivity index (χ0n) is 9.62. The van der Waals surface area contributed by atoms with Gasteiger partial charge in [-0.3, -0.25) is 4.79 Å². The van der Waals surface area contributed by atoms with Gasteiger partial charge in [-0.05, 0) is 37.1 Å². The van der Waals surface area contributed by atoms with Gasteiger partial charge in [-0.25, -0.2) is 4.39 Å². The summed E-state index contributed by atoms with van der Waals surface area (Å²) in [5, 5.41) is 0.0945. The molecule has 1 aliphatic rings. The molecule has 0 saturated heterocycles. The molecule has 4 heteroatoms. The molecule has 1 aliphatic carbocycles. The molecule has 2 nitrogen and oxygen atoms in total. The summed E-state index contributed by atoms with van der Waals surface area (Å²) in [4.78, 5) is 11.8. The Kier molecular flexibility index (Phi) is 2.71. The molecule has 0 unspecified atom stereocenters. The molecule has 1 aromatic heterocycles. The van der Waals surface area contributed by atoms with Crippen molar-refractivity contribution in [2.45, 2.75) is 19.3 Å². The average molecular weight is 264 g/mol. The van der Waals surface area contributed by atoms with E-state index in [0.29, 0.717) is 6.42 Å². The van der Waals surface area contributed by atoms with Crippen LogP contribution in [-0.2, 0) is 6.42 Å². The van der Waals surface area contributed by atoms with Crippen molar-refractivity contribution in [3.63, 3.8) is 0 Å². The van der Waals surface area contributed by atoms with E-state index in [2.05, 4.69) is 0 Å². The van der Waals surface area contributed by atoms with Crippen LogP contribution in [0.5, 0.6) is 0 Å². The fourth-order valence-corrected chi connectivity index (χ4v) is 2.58. The van der Waals surface area contributed by atoms with Crippen LogP contribution < -0.4 is 0 Å². The van der Waals surface area contributed by atoms with Crippen molar-refractivity contribution < 1.29 is 9.18 Å². The lowest BCUT2D eigenvalue weighted by Gasteiger charge is -2.15. The Morgan fingerprint density at radius 2 is 2.06 bits per heavy atom. The van der Waals surface area contributed by atoms with E-state index in [1.807, 2.05) is 16.8 Å². The van der Waals surface area contributed by atoms with Gasteiger partial charge >= 0.3 is 0 Å². The third-order valence-corrected chi connectivity index (χ3v) is 3.58. The van der Waals surface area contributed by atoms with Crippen molar-refractivity contribution in [2.75, 3.05) is 0 Å². The molecule has 18 heavy (non-hydrogen) atoms. The van der Waals surface area contributed by atoms with Gasteiger partial charge < -0.3 is 4.57 Å². The number of carbonyl (C=O) groups is 1. The Labute approximate surface area is 109 Å². The van der Waals surface area contributed by atoms with E-state index in [9.17, 15) is 9.18 Å². The molecule has 0 fully saturated rings. The van der Waals surface area contributed by atoms with Crippen molar-refractivity contribution in [1.29, 1.82) is 0 Å². The van der Waals surface area contributed by atoms with Gasteiger partial charge in [-0.15, -0.1) is 0 Å². The van der Waals surface area contributed by atoms with Gasteiger partial charge in [0.2, 0.25) is 0 Å². The Hall–Kier alpha value is -1.61. The molecule has 3 rings (SSSR count). The van der Waals surface area contributed by atoms with E-state index >= 15 is 0 Å². The smallest absolute Gasteiger partial charge is 0.164 e. The molecular formula is C14H11ClFNO. The average Bonchev–Trinajstić information content (AvgIpc) is 2.78. The van der Waals surface area contributed by atoms with Crippen LogP contribution in [-0.4, -0.2) is 10.4 Å². The number of halogens is 2. The van der Waals surface area contributed by atoms with E-state index in [0.717, 1.165) is 29.8 Å². The summed E-state index contributed by atoms with van der Waals surface area (Å²) in [6, 6.07) is 6.42. The Morgan fingerprint density at radius 1 is 1.22 bits per heavy atom. The maximum atomic E-state index is 13.1. The molecule has 0 saturated carbocycles. The van der Waals surface area contributed by atoms with Crippen LogP contribution in [0.2, 0.25) is 5.02 Å². The molecule has 0 bridgehead atoms. The van der Waals surface area contributed by atoms with Crippen molar-refractivity contribution in [2.24, 2.45) is 0 Å². The van der Waals surface area contributed by atoms with Crippen LogP contribution in [0.1, 0.15) is 28.9 Å². The molecule has 0 radical (unpaired) electrons. The highest BCUT2D eigenvalue weighted by molar-refractivity contribution is 6.30. The van der Waals surface area contributed by atoms with E-state index in [4.69, 9.17) is 11.6 Å². The van der Waals surface area contributed by atoms with Gasteiger partial charge in [0.25, 0.3) is 0 Å². The van der Waals surface area contributed by atoms with Crippen LogP contribution in [0, 0.1) is 5.82 Å². The normalized spacial score (nSPS) is 14.7. The van der Waals surface area contributed by atoms with Crippen molar-refractivity contribution in [3.05, 3.63) is 52.6 Å². The second-order valence-corrected chi connectivity index (χ2v) is 4.83. The quantitative estimate of drug-likeness (QED) is 0.767. The van der Waals surface area contributed by atoms with Gasteiger partial charge in [-0.1, -0.05) is 11.6 Å². The van der Waals surface area contributed by atoms with Gasteiger partial charge in [0, 0.05) is 29.6 Å². The first-order chi connectivity index (χ1) is 8.66. The summed E-state index contributed by atoms with van der Waals surface area (Å²) >= 11 is 5.79. The second kappa shape index (κ2) is 4.25. The summed E-state index contributed by atoms with van der Waals surface area (Å²) in [6.07, 6.45) is 4.19. The number of hydrogen-bond donors (Lipinski definition) is 0. The molecular weight excluding hydrogens is 253 g/mol. The van der Waals surface area contributed by atoms with Gasteiger partial charge in [0.1, 0.15) is 5.82 Å². The first-order valence-corrected chi connectivity index (χ1v) is 6.23. The van der Waals surface area contributed by atoms with Crippen molar-refractivity contribution in [3.8, 4) is 5.69 Å². The standard InChI is InChI=1S/C14H11ClFNO/c15-11-8-9(4-5-12(11)16)17-7-6-10-13(17)2-1-3-14(10)18/h4-8H,1-3H2. The molecule has 1 aromatic carbocycles. The lowest BCUT2D eigenvalue weighted by atomic mass is 9.97. The molecule has 0 N–H and O–H groups in total. The number of benzene rings is 1. The number of hydrogen-bond acceptors (Lipinski definition) is 1. The van der Waals surface area contributed by atoms with Crippen molar-refractivity contribution >= 4 is 17.4 Å². The van der Waals surface area contributed by atoms with Crippen LogP contribution in [0.3, 0.4) is 0 Å². The molecule has 0 aliphatic heterocycles.